The van der Waals surface area contributed by atoms with E-state index < -0.39 is 0 Å². The zero-order valence-electron chi connectivity index (χ0n) is 5.85. The van der Waals surface area contributed by atoms with Crippen molar-refractivity contribution in [3.05, 3.63) is 16.7 Å². The van der Waals surface area contributed by atoms with Gasteiger partial charge in [-0.2, -0.15) is 0 Å². The van der Waals surface area contributed by atoms with Crippen molar-refractivity contribution < 1.29 is 0 Å². The normalized spacial score (nSPS) is 14.5. The van der Waals surface area contributed by atoms with Crippen LogP contribution >= 0.6 is 0 Å². The summed E-state index contributed by atoms with van der Waals surface area (Å²) < 4.78 is 0. The zero-order chi connectivity index (χ0) is 7.68. The van der Waals surface area contributed by atoms with Crippen molar-refractivity contribution in [1.29, 1.82) is 0 Å². The number of nitrogens with one attached hydrogen (secondary N) is 3. The molecular formula is C6H8N4O. The van der Waals surface area contributed by atoms with E-state index in [1.807, 2.05) is 0 Å². The summed E-state index contributed by atoms with van der Waals surface area (Å²) >= 11 is 0. The molecule has 58 valence electrons. The standard InChI is InChI=1S/C6H8N4O/c11-6-4-5(9-3-10-6)8-2-1-7-4/h3,7H,1-2H2,(H2,8,9,10,11). The van der Waals surface area contributed by atoms with E-state index in [9.17, 15) is 4.79 Å². The molecule has 0 amide bonds. The first-order chi connectivity index (χ1) is 5.38. The predicted molar refractivity (Wildman–Crippen MR) is 41.8 cm³/mol. The highest BCUT2D eigenvalue weighted by Gasteiger charge is 2.10. The number of H-pyrrole nitrogens is 1. The Balaban J connectivity index is 2.58. The minimum atomic E-state index is -0.123. The predicted octanol–water partition coefficient (Wildman–Crippen LogP) is -0.393. The molecule has 2 rings (SSSR count). The number of hydrogen-bond acceptors (Lipinski definition) is 4. The summed E-state index contributed by atoms with van der Waals surface area (Å²) in [5.74, 6) is 0.639. The Labute approximate surface area is 62.9 Å². The van der Waals surface area contributed by atoms with Crippen LogP contribution in [0.15, 0.2) is 11.1 Å². The second-order valence-corrected chi connectivity index (χ2v) is 2.31. The van der Waals surface area contributed by atoms with Crippen LogP contribution in [0.5, 0.6) is 0 Å². The monoisotopic (exact) mass is 152 g/mol. The fraction of sp³-hybridized carbons (Fsp3) is 0.333. The summed E-state index contributed by atoms with van der Waals surface area (Å²) in [4.78, 5) is 17.5. The van der Waals surface area contributed by atoms with Crippen LogP contribution < -0.4 is 16.2 Å². The van der Waals surface area contributed by atoms with E-state index in [0.717, 1.165) is 13.1 Å². The van der Waals surface area contributed by atoms with Crippen molar-refractivity contribution in [3.8, 4) is 0 Å². The van der Waals surface area contributed by atoms with Crippen LogP contribution in [0.4, 0.5) is 11.5 Å². The van der Waals surface area contributed by atoms with Gasteiger partial charge < -0.3 is 15.6 Å². The Kier molecular flexibility index (Phi) is 1.28. The fourth-order valence-corrected chi connectivity index (χ4v) is 1.07. The van der Waals surface area contributed by atoms with E-state index >= 15 is 0 Å². The molecule has 0 saturated carbocycles. The molecule has 0 spiro atoms. The molecule has 2 heterocycles. The summed E-state index contributed by atoms with van der Waals surface area (Å²) in [5.41, 5.74) is 0.418. The highest BCUT2D eigenvalue weighted by molar-refractivity contribution is 5.64. The first kappa shape index (κ1) is 6.21. The maximum Gasteiger partial charge on any atom is 0.276 e. The van der Waals surface area contributed by atoms with Gasteiger partial charge in [0.2, 0.25) is 0 Å². The molecule has 0 aliphatic carbocycles. The van der Waals surface area contributed by atoms with Gasteiger partial charge in [0, 0.05) is 13.1 Å². The second-order valence-electron chi connectivity index (χ2n) is 2.31. The van der Waals surface area contributed by atoms with Crippen LogP contribution in [0.2, 0.25) is 0 Å². The zero-order valence-corrected chi connectivity index (χ0v) is 5.85. The lowest BCUT2D eigenvalue weighted by atomic mass is 10.4. The first-order valence-electron chi connectivity index (χ1n) is 3.43. The number of aromatic nitrogens is 2. The van der Waals surface area contributed by atoms with Crippen LogP contribution in [0.3, 0.4) is 0 Å². The number of nitrogens with zero attached hydrogens (tertiary/aromatic N) is 1. The summed E-state index contributed by atoms with van der Waals surface area (Å²) in [5, 5.41) is 5.97. The summed E-state index contributed by atoms with van der Waals surface area (Å²) in [6.45, 7) is 1.57. The van der Waals surface area contributed by atoms with Gasteiger partial charge in [0.25, 0.3) is 5.56 Å². The molecule has 1 aromatic rings. The van der Waals surface area contributed by atoms with Crippen molar-refractivity contribution in [2.45, 2.75) is 0 Å². The molecule has 3 N–H and O–H groups in total. The number of aromatic amines is 1. The highest BCUT2D eigenvalue weighted by Crippen LogP contribution is 2.13. The molecule has 5 nitrogen and oxygen atoms in total. The van der Waals surface area contributed by atoms with Crippen LogP contribution in [-0.4, -0.2) is 23.1 Å². The van der Waals surface area contributed by atoms with E-state index in [2.05, 4.69) is 20.6 Å². The average Bonchev–Trinajstić information content (AvgIpc) is 2.06. The Morgan fingerprint density at radius 1 is 1.36 bits per heavy atom. The molecular weight excluding hydrogens is 144 g/mol. The largest absolute Gasteiger partial charge is 0.376 e. The average molecular weight is 152 g/mol. The van der Waals surface area contributed by atoms with Crippen molar-refractivity contribution in [2.75, 3.05) is 23.7 Å². The van der Waals surface area contributed by atoms with Gasteiger partial charge in [0.1, 0.15) is 5.69 Å². The highest BCUT2D eigenvalue weighted by atomic mass is 16.1. The van der Waals surface area contributed by atoms with Crippen LogP contribution in [0.25, 0.3) is 0 Å². The second kappa shape index (κ2) is 2.26. The van der Waals surface area contributed by atoms with E-state index in [-0.39, 0.29) is 5.56 Å². The molecule has 0 radical (unpaired) electrons. The molecule has 1 aliphatic rings. The number of fused-ring (bicyclic) bond motifs is 1. The fourth-order valence-electron chi connectivity index (χ4n) is 1.07. The van der Waals surface area contributed by atoms with Gasteiger partial charge in [-0.3, -0.25) is 4.79 Å². The molecule has 1 aliphatic heterocycles. The van der Waals surface area contributed by atoms with Gasteiger partial charge in [-0.15, -0.1) is 0 Å². The molecule has 0 saturated heterocycles. The van der Waals surface area contributed by atoms with Gasteiger partial charge in [-0.1, -0.05) is 0 Å². The Morgan fingerprint density at radius 2 is 2.18 bits per heavy atom. The molecule has 11 heavy (non-hydrogen) atoms. The molecule has 1 aromatic heterocycles. The van der Waals surface area contributed by atoms with Gasteiger partial charge in [-0.05, 0) is 0 Å². The van der Waals surface area contributed by atoms with Crippen LogP contribution in [0, 0.1) is 0 Å². The minimum Gasteiger partial charge on any atom is -0.376 e. The smallest absolute Gasteiger partial charge is 0.276 e. The van der Waals surface area contributed by atoms with Gasteiger partial charge in [-0.25, -0.2) is 4.98 Å². The van der Waals surface area contributed by atoms with E-state index in [0.29, 0.717) is 11.5 Å². The molecule has 0 fully saturated rings. The molecule has 5 heteroatoms. The maximum atomic E-state index is 11.1. The Hall–Kier alpha value is -1.52. The van der Waals surface area contributed by atoms with E-state index in [1.54, 1.807) is 0 Å². The van der Waals surface area contributed by atoms with Crippen molar-refractivity contribution in [1.82, 2.24) is 9.97 Å². The van der Waals surface area contributed by atoms with Crippen LogP contribution in [-0.2, 0) is 0 Å². The number of anilines is 2. The minimum absolute atomic E-state index is 0.123. The summed E-state index contributed by atoms with van der Waals surface area (Å²) in [6, 6.07) is 0. The number of rotatable bonds is 0. The molecule has 0 aromatic carbocycles. The Bertz CT molecular complexity index is 319. The molecule has 0 atom stereocenters. The lowest BCUT2D eigenvalue weighted by Gasteiger charge is -2.16. The lowest BCUT2D eigenvalue weighted by molar-refractivity contribution is 0.983. The third-order valence-corrected chi connectivity index (χ3v) is 1.57. The van der Waals surface area contributed by atoms with Crippen molar-refractivity contribution in [2.24, 2.45) is 0 Å². The van der Waals surface area contributed by atoms with Crippen molar-refractivity contribution >= 4 is 11.5 Å². The van der Waals surface area contributed by atoms with Gasteiger partial charge in [0.05, 0.1) is 6.33 Å². The van der Waals surface area contributed by atoms with Gasteiger partial charge in [0.15, 0.2) is 5.82 Å². The first-order valence-corrected chi connectivity index (χ1v) is 3.43. The third-order valence-electron chi connectivity index (χ3n) is 1.57. The quantitative estimate of drug-likeness (QED) is 0.473. The molecule has 0 unspecified atom stereocenters. The molecule has 0 bridgehead atoms. The van der Waals surface area contributed by atoms with Crippen molar-refractivity contribution in [3.63, 3.8) is 0 Å². The summed E-state index contributed by atoms with van der Waals surface area (Å²) in [6.07, 6.45) is 1.39. The Morgan fingerprint density at radius 3 is 3.00 bits per heavy atom. The van der Waals surface area contributed by atoms with E-state index in [4.69, 9.17) is 0 Å². The summed E-state index contributed by atoms with van der Waals surface area (Å²) in [7, 11) is 0. The third kappa shape index (κ3) is 0.938. The maximum absolute atomic E-state index is 11.1. The van der Waals surface area contributed by atoms with Crippen LogP contribution in [0.1, 0.15) is 0 Å². The lowest BCUT2D eigenvalue weighted by Crippen LogP contribution is -2.27. The van der Waals surface area contributed by atoms with E-state index in [1.165, 1.54) is 6.33 Å². The number of hydrogen-bond donors (Lipinski definition) is 3. The van der Waals surface area contributed by atoms with Gasteiger partial charge >= 0.3 is 0 Å². The topological polar surface area (TPSA) is 69.8 Å². The SMILES string of the molecule is O=c1[nH]cnc2c1NCCN2.